The Morgan fingerprint density at radius 3 is 2.62 bits per heavy atom. The van der Waals surface area contributed by atoms with Gasteiger partial charge in [-0.2, -0.15) is 0 Å². The standard InChI is InChI=1S/C14H21N3O4/c1-9-6-12(16-21-9)14(19)15-5-4-13(18)17-7-10(2)20-11(3)8-17/h6,10-11H,4-5,7-8H2,1-3H3,(H,15,19)/t10-,11+. The van der Waals surface area contributed by atoms with Gasteiger partial charge in [0.1, 0.15) is 5.76 Å². The number of carbonyl (C=O) groups is 2. The van der Waals surface area contributed by atoms with Crippen LogP contribution in [0.2, 0.25) is 0 Å². The van der Waals surface area contributed by atoms with E-state index in [1.807, 2.05) is 13.8 Å². The van der Waals surface area contributed by atoms with Crippen LogP contribution < -0.4 is 5.32 Å². The highest BCUT2D eigenvalue weighted by Gasteiger charge is 2.25. The summed E-state index contributed by atoms with van der Waals surface area (Å²) in [5.41, 5.74) is 0.230. The zero-order valence-electron chi connectivity index (χ0n) is 12.6. The number of aromatic nitrogens is 1. The van der Waals surface area contributed by atoms with Crippen LogP contribution in [-0.4, -0.2) is 53.7 Å². The van der Waals surface area contributed by atoms with Crippen LogP contribution in [0.5, 0.6) is 0 Å². The minimum atomic E-state index is -0.330. The summed E-state index contributed by atoms with van der Waals surface area (Å²) in [7, 11) is 0. The largest absolute Gasteiger partial charge is 0.372 e. The second kappa shape index (κ2) is 6.71. The molecule has 1 aromatic rings. The van der Waals surface area contributed by atoms with Crippen molar-refractivity contribution in [1.82, 2.24) is 15.4 Å². The Bertz CT molecular complexity index is 504. The average molecular weight is 295 g/mol. The summed E-state index contributed by atoms with van der Waals surface area (Å²) < 4.78 is 10.4. The highest BCUT2D eigenvalue weighted by atomic mass is 16.5. The van der Waals surface area contributed by atoms with Gasteiger partial charge in [0.05, 0.1) is 12.2 Å². The Labute approximate surface area is 123 Å². The first-order valence-electron chi connectivity index (χ1n) is 7.10. The molecule has 2 amide bonds. The van der Waals surface area contributed by atoms with E-state index in [-0.39, 0.29) is 42.7 Å². The first kappa shape index (κ1) is 15.5. The summed E-state index contributed by atoms with van der Waals surface area (Å²) in [6.45, 7) is 7.09. The monoisotopic (exact) mass is 295 g/mol. The molecule has 0 aromatic carbocycles. The van der Waals surface area contributed by atoms with Crippen molar-refractivity contribution in [2.45, 2.75) is 39.4 Å². The lowest BCUT2D eigenvalue weighted by molar-refractivity contribution is -0.143. The van der Waals surface area contributed by atoms with Gasteiger partial charge in [-0.05, 0) is 20.8 Å². The molecule has 0 radical (unpaired) electrons. The van der Waals surface area contributed by atoms with E-state index in [2.05, 4.69) is 10.5 Å². The fourth-order valence-electron chi connectivity index (χ4n) is 2.39. The van der Waals surface area contributed by atoms with Crippen molar-refractivity contribution in [2.24, 2.45) is 0 Å². The number of morpholine rings is 1. The number of hydrogen-bond acceptors (Lipinski definition) is 5. The molecule has 7 nitrogen and oxygen atoms in total. The van der Waals surface area contributed by atoms with E-state index < -0.39 is 0 Å². The van der Waals surface area contributed by atoms with Gasteiger partial charge >= 0.3 is 0 Å². The number of rotatable bonds is 4. The third-order valence-corrected chi connectivity index (χ3v) is 3.26. The maximum atomic E-state index is 12.1. The van der Waals surface area contributed by atoms with Crippen molar-refractivity contribution in [3.05, 3.63) is 17.5 Å². The van der Waals surface area contributed by atoms with Gasteiger partial charge in [-0.15, -0.1) is 0 Å². The number of carbonyl (C=O) groups excluding carboxylic acids is 2. The van der Waals surface area contributed by atoms with Crippen molar-refractivity contribution < 1.29 is 18.8 Å². The summed E-state index contributed by atoms with van der Waals surface area (Å²) >= 11 is 0. The maximum absolute atomic E-state index is 12.1. The predicted octanol–water partition coefficient (Wildman–Crippen LogP) is 0.739. The van der Waals surface area contributed by atoms with E-state index in [0.717, 1.165) is 0 Å². The molecule has 0 unspecified atom stereocenters. The van der Waals surface area contributed by atoms with E-state index in [1.54, 1.807) is 17.9 Å². The molecule has 1 aliphatic rings. The van der Waals surface area contributed by atoms with Gasteiger partial charge in [0.2, 0.25) is 5.91 Å². The number of nitrogens with one attached hydrogen (secondary N) is 1. The zero-order chi connectivity index (χ0) is 15.4. The van der Waals surface area contributed by atoms with Crippen LogP contribution >= 0.6 is 0 Å². The fraction of sp³-hybridized carbons (Fsp3) is 0.643. The van der Waals surface area contributed by atoms with Crippen LogP contribution in [0.15, 0.2) is 10.6 Å². The lowest BCUT2D eigenvalue weighted by Crippen LogP contribution is -2.48. The Morgan fingerprint density at radius 1 is 1.38 bits per heavy atom. The second-order valence-corrected chi connectivity index (χ2v) is 5.38. The maximum Gasteiger partial charge on any atom is 0.273 e. The third-order valence-electron chi connectivity index (χ3n) is 3.26. The molecule has 1 N–H and O–H groups in total. The summed E-state index contributed by atoms with van der Waals surface area (Å²) in [6, 6.07) is 1.56. The molecular weight excluding hydrogens is 274 g/mol. The smallest absolute Gasteiger partial charge is 0.273 e. The third kappa shape index (κ3) is 4.29. The van der Waals surface area contributed by atoms with Gasteiger partial charge in [-0.1, -0.05) is 5.16 Å². The normalized spacial score (nSPS) is 22.1. The van der Waals surface area contributed by atoms with Gasteiger partial charge in [0, 0.05) is 32.1 Å². The molecule has 2 atom stereocenters. The molecule has 1 aromatic heterocycles. The molecule has 0 saturated carbocycles. The van der Waals surface area contributed by atoms with Gasteiger partial charge in [-0.3, -0.25) is 9.59 Å². The molecule has 21 heavy (non-hydrogen) atoms. The first-order valence-corrected chi connectivity index (χ1v) is 7.10. The number of ether oxygens (including phenoxy) is 1. The van der Waals surface area contributed by atoms with Crippen LogP contribution in [0.25, 0.3) is 0 Å². The molecule has 0 aliphatic carbocycles. The molecule has 0 spiro atoms. The molecule has 2 rings (SSSR count). The van der Waals surface area contributed by atoms with Gasteiger partial charge in [0.15, 0.2) is 5.69 Å². The van der Waals surface area contributed by atoms with Gasteiger partial charge in [-0.25, -0.2) is 0 Å². The van der Waals surface area contributed by atoms with Crippen molar-refractivity contribution in [1.29, 1.82) is 0 Å². The SMILES string of the molecule is Cc1cc(C(=O)NCCC(=O)N2C[C@@H](C)O[C@@H](C)C2)no1. The Hall–Kier alpha value is -1.89. The topological polar surface area (TPSA) is 84.7 Å². The zero-order valence-corrected chi connectivity index (χ0v) is 12.6. The molecule has 7 heteroatoms. The molecule has 1 aliphatic heterocycles. The Kier molecular flexibility index (Phi) is 4.95. The van der Waals surface area contributed by atoms with Crippen LogP contribution in [0.3, 0.4) is 0 Å². The minimum absolute atomic E-state index is 0.0219. The fourth-order valence-corrected chi connectivity index (χ4v) is 2.39. The van der Waals surface area contributed by atoms with Crippen molar-refractivity contribution in [3.8, 4) is 0 Å². The van der Waals surface area contributed by atoms with E-state index in [1.165, 1.54) is 0 Å². The van der Waals surface area contributed by atoms with Crippen molar-refractivity contribution >= 4 is 11.8 Å². The van der Waals surface area contributed by atoms with Crippen molar-refractivity contribution in [3.63, 3.8) is 0 Å². The van der Waals surface area contributed by atoms with Gasteiger partial charge in [0.25, 0.3) is 5.91 Å². The second-order valence-electron chi connectivity index (χ2n) is 5.38. The Balaban J connectivity index is 1.75. The highest BCUT2D eigenvalue weighted by molar-refractivity contribution is 5.92. The number of nitrogens with zero attached hydrogens (tertiary/aromatic N) is 2. The summed E-state index contributed by atoms with van der Waals surface area (Å²) in [4.78, 5) is 25.6. The lowest BCUT2D eigenvalue weighted by Gasteiger charge is -2.35. The van der Waals surface area contributed by atoms with E-state index in [0.29, 0.717) is 18.8 Å². The molecule has 1 saturated heterocycles. The van der Waals surface area contributed by atoms with Crippen LogP contribution in [-0.2, 0) is 9.53 Å². The summed E-state index contributed by atoms with van der Waals surface area (Å²) in [6.07, 6.45) is 0.359. The van der Waals surface area contributed by atoms with E-state index in [4.69, 9.17) is 9.26 Å². The summed E-state index contributed by atoms with van der Waals surface area (Å²) in [5.74, 6) is 0.268. The number of amides is 2. The predicted molar refractivity (Wildman–Crippen MR) is 74.8 cm³/mol. The van der Waals surface area contributed by atoms with E-state index >= 15 is 0 Å². The quantitative estimate of drug-likeness (QED) is 0.885. The van der Waals surface area contributed by atoms with Crippen LogP contribution in [0.4, 0.5) is 0 Å². The summed E-state index contributed by atoms with van der Waals surface area (Å²) in [5, 5.41) is 6.29. The first-order chi connectivity index (χ1) is 9.95. The van der Waals surface area contributed by atoms with Crippen molar-refractivity contribution in [2.75, 3.05) is 19.6 Å². The molecular formula is C14H21N3O4. The molecule has 2 heterocycles. The highest BCUT2D eigenvalue weighted by Crippen LogP contribution is 2.11. The van der Waals surface area contributed by atoms with Crippen LogP contribution in [0, 0.1) is 6.92 Å². The number of hydrogen-bond donors (Lipinski definition) is 1. The Morgan fingerprint density at radius 2 is 2.05 bits per heavy atom. The number of aryl methyl sites for hydroxylation is 1. The lowest BCUT2D eigenvalue weighted by atomic mass is 10.2. The molecule has 0 bridgehead atoms. The van der Waals surface area contributed by atoms with Crippen LogP contribution in [0.1, 0.15) is 36.5 Å². The molecule has 116 valence electrons. The van der Waals surface area contributed by atoms with E-state index in [9.17, 15) is 9.59 Å². The minimum Gasteiger partial charge on any atom is -0.372 e. The molecule has 1 fully saturated rings. The average Bonchev–Trinajstić information content (AvgIpc) is 2.84. The van der Waals surface area contributed by atoms with Gasteiger partial charge < -0.3 is 19.5 Å².